The fourth-order valence-corrected chi connectivity index (χ4v) is 2.18. The third kappa shape index (κ3) is 5.11. The predicted octanol–water partition coefficient (Wildman–Crippen LogP) is 2.93. The van der Waals surface area contributed by atoms with Crippen LogP contribution < -0.4 is 10.1 Å². The van der Waals surface area contributed by atoms with E-state index in [1.807, 2.05) is 37.3 Å². The molecule has 0 aliphatic heterocycles. The van der Waals surface area contributed by atoms with Gasteiger partial charge >= 0.3 is 0 Å². The highest BCUT2D eigenvalue weighted by Gasteiger charge is 2.15. The second-order valence-corrected chi connectivity index (χ2v) is 5.13. The quantitative estimate of drug-likeness (QED) is 0.798. The second kappa shape index (κ2) is 8.54. The maximum Gasteiger partial charge on any atom is 0.221 e. The Labute approximate surface area is 135 Å². The average Bonchev–Trinajstić information content (AvgIpc) is 2.58. The van der Waals surface area contributed by atoms with Gasteiger partial charge in [0.05, 0.1) is 18.9 Å². The van der Waals surface area contributed by atoms with Gasteiger partial charge in [0.15, 0.2) is 0 Å². The van der Waals surface area contributed by atoms with Gasteiger partial charge in [0.1, 0.15) is 11.8 Å². The lowest BCUT2D eigenvalue weighted by Crippen LogP contribution is -2.28. The first-order chi connectivity index (χ1) is 11.2. The molecule has 0 saturated carbocycles. The molecule has 0 bridgehead atoms. The zero-order valence-electron chi connectivity index (χ0n) is 13.0. The Bertz CT molecular complexity index is 680. The maximum absolute atomic E-state index is 12.0. The van der Waals surface area contributed by atoms with E-state index in [0.29, 0.717) is 25.2 Å². The van der Waals surface area contributed by atoms with E-state index in [-0.39, 0.29) is 5.91 Å². The van der Waals surface area contributed by atoms with Gasteiger partial charge in [-0.1, -0.05) is 24.3 Å². The van der Waals surface area contributed by atoms with E-state index < -0.39 is 6.04 Å². The molecule has 118 valence electrons. The van der Waals surface area contributed by atoms with E-state index in [4.69, 9.17) is 4.74 Å². The summed E-state index contributed by atoms with van der Waals surface area (Å²) in [6, 6.07) is 12.7. The van der Waals surface area contributed by atoms with Crippen LogP contribution >= 0.6 is 0 Å². The van der Waals surface area contributed by atoms with Crippen molar-refractivity contribution in [1.29, 1.82) is 5.26 Å². The molecule has 2 aromatic rings. The fourth-order valence-electron chi connectivity index (χ4n) is 2.18. The van der Waals surface area contributed by atoms with E-state index in [1.165, 1.54) is 0 Å². The van der Waals surface area contributed by atoms with Crippen LogP contribution in [0.1, 0.15) is 30.0 Å². The molecule has 23 heavy (non-hydrogen) atoms. The average molecular weight is 309 g/mol. The molecule has 0 unspecified atom stereocenters. The maximum atomic E-state index is 12.0. The highest BCUT2D eigenvalue weighted by molar-refractivity contribution is 5.76. The van der Waals surface area contributed by atoms with E-state index in [1.54, 1.807) is 18.5 Å². The molecule has 0 fully saturated rings. The number of nitriles is 1. The van der Waals surface area contributed by atoms with Gasteiger partial charge in [0.25, 0.3) is 0 Å². The normalized spacial score (nSPS) is 11.3. The van der Waals surface area contributed by atoms with E-state index >= 15 is 0 Å². The number of nitrogens with zero attached hydrogens (tertiary/aromatic N) is 2. The van der Waals surface area contributed by atoms with Crippen LogP contribution in [-0.2, 0) is 4.79 Å². The summed E-state index contributed by atoms with van der Waals surface area (Å²) in [7, 11) is 0. The molecule has 1 N–H and O–H groups in total. The fraction of sp³-hybridized carbons (Fsp3) is 0.278. The number of amides is 1. The second-order valence-electron chi connectivity index (χ2n) is 5.13. The standard InChI is InChI=1S/C18H19N3O2/c1-14-6-2-3-8-16(14)17(12-19)21-18(22)9-5-11-23-15-7-4-10-20-13-15/h2-4,6-8,10,13,17H,5,9,11H2,1H3,(H,21,22)/t17-/m1/s1. The summed E-state index contributed by atoms with van der Waals surface area (Å²) >= 11 is 0. The monoisotopic (exact) mass is 309 g/mol. The molecule has 1 aromatic heterocycles. The molecule has 0 radical (unpaired) electrons. The molecule has 0 aliphatic rings. The molecule has 1 amide bonds. The Balaban J connectivity index is 1.77. The number of carbonyl (C=O) groups excluding carboxylic acids is 1. The Kier molecular flexibility index (Phi) is 6.13. The summed E-state index contributed by atoms with van der Waals surface area (Å²) in [6.45, 7) is 2.36. The van der Waals surface area contributed by atoms with E-state index in [9.17, 15) is 10.1 Å². The van der Waals surface area contributed by atoms with Crippen molar-refractivity contribution < 1.29 is 9.53 Å². The number of aryl methyl sites for hydroxylation is 1. The molecular weight excluding hydrogens is 290 g/mol. The van der Waals surface area contributed by atoms with Crippen LogP contribution in [0.15, 0.2) is 48.8 Å². The lowest BCUT2D eigenvalue weighted by Gasteiger charge is -2.14. The number of carbonyl (C=O) groups is 1. The van der Waals surface area contributed by atoms with Crippen LogP contribution in [0.25, 0.3) is 0 Å². The number of pyridine rings is 1. The van der Waals surface area contributed by atoms with E-state index in [0.717, 1.165) is 11.1 Å². The van der Waals surface area contributed by atoms with Crippen LogP contribution in [0.2, 0.25) is 0 Å². The third-order valence-corrected chi connectivity index (χ3v) is 3.39. The molecule has 0 spiro atoms. The first-order valence-electron chi connectivity index (χ1n) is 7.48. The first kappa shape index (κ1) is 16.5. The zero-order valence-corrected chi connectivity index (χ0v) is 13.0. The molecule has 1 heterocycles. The van der Waals surface area contributed by atoms with Crippen LogP contribution in [0.5, 0.6) is 5.75 Å². The number of hydrogen-bond donors (Lipinski definition) is 1. The topological polar surface area (TPSA) is 75.0 Å². The summed E-state index contributed by atoms with van der Waals surface area (Å²) in [4.78, 5) is 15.9. The number of benzene rings is 1. The largest absolute Gasteiger partial charge is 0.492 e. The summed E-state index contributed by atoms with van der Waals surface area (Å²) in [5.41, 5.74) is 1.81. The van der Waals surface area contributed by atoms with Gasteiger partial charge in [0.2, 0.25) is 5.91 Å². The van der Waals surface area contributed by atoms with Gasteiger partial charge in [-0.3, -0.25) is 9.78 Å². The van der Waals surface area contributed by atoms with Crippen molar-refractivity contribution in [3.05, 3.63) is 59.9 Å². The lowest BCUT2D eigenvalue weighted by atomic mass is 10.0. The Hall–Kier alpha value is -2.87. The molecule has 1 atom stereocenters. The molecule has 1 aromatic carbocycles. The summed E-state index contributed by atoms with van der Waals surface area (Å²) in [5, 5.41) is 12.0. The van der Waals surface area contributed by atoms with Crippen LogP contribution in [-0.4, -0.2) is 17.5 Å². The van der Waals surface area contributed by atoms with Gasteiger partial charge in [-0.25, -0.2) is 0 Å². The number of aromatic nitrogens is 1. The predicted molar refractivity (Wildman–Crippen MR) is 86.6 cm³/mol. The van der Waals surface area contributed by atoms with Crippen LogP contribution in [0.3, 0.4) is 0 Å². The zero-order chi connectivity index (χ0) is 16.5. The number of ether oxygens (including phenoxy) is 1. The minimum atomic E-state index is -0.622. The SMILES string of the molecule is Cc1ccccc1[C@@H](C#N)NC(=O)CCCOc1cccnc1. The number of rotatable bonds is 7. The van der Waals surface area contributed by atoms with Crippen molar-refractivity contribution in [2.45, 2.75) is 25.8 Å². The van der Waals surface area contributed by atoms with Gasteiger partial charge in [-0.05, 0) is 36.6 Å². The Morgan fingerprint density at radius 1 is 1.35 bits per heavy atom. The minimum absolute atomic E-state index is 0.158. The molecule has 0 aliphatic carbocycles. The van der Waals surface area contributed by atoms with Crippen molar-refractivity contribution in [3.63, 3.8) is 0 Å². The molecule has 2 rings (SSSR count). The smallest absolute Gasteiger partial charge is 0.221 e. The van der Waals surface area contributed by atoms with Crippen molar-refractivity contribution in [2.24, 2.45) is 0 Å². The summed E-state index contributed by atoms with van der Waals surface area (Å²) < 4.78 is 5.48. The highest BCUT2D eigenvalue weighted by atomic mass is 16.5. The van der Waals surface area contributed by atoms with Crippen molar-refractivity contribution in [1.82, 2.24) is 10.3 Å². The highest BCUT2D eigenvalue weighted by Crippen LogP contribution is 2.16. The van der Waals surface area contributed by atoms with Crippen LogP contribution in [0.4, 0.5) is 0 Å². The van der Waals surface area contributed by atoms with Crippen molar-refractivity contribution in [3.8, 4) is 11.8 Å². The summed E-state index contributed by atoms with van der Waals surface area (Å²) in [5.74, 6) is 0.525. The van der Waals surface area contributed by atoms with Crippen LogP contribution in [0, 0.1) is 18.3 Å². The van der Waals surface area contributed by atoms with Gasteiger partial charge < -0.3 is 10.1 Å². The lowest BCUT2D eigenvalue weighted by molar-refractivity contribution is -0.121. The molecule has 0 saturated heterocycles. The van der Waals surface area contributed by atoms with Gasteiger partial charge in [-0.15, -0.1) is 0 Å². The van der Waals surface area contributed by atoms with Gasteiger partial charge in [0, 0.05) is 12.6 Å². The number of hydrogen-bond acceptors (Lipinski definition) is 4. The van der Waals surface area contributed by atoms with Gasteiger partial charge in [-0.2, -0.15) is 5.26 Å². The first-order valence-corrected chi connectivity index (χ1v) is 7.48. The molecule has 5 heteroatoms. The number of nitrogens with one attached hydrogen (secondary N) is 1. The minimum Gasteiger partial charge on any atom is -0.492 e. The Morgan fingerprint density at radius 3 is 2.87 bits per heavy atom. The van der Waals surface area contributed by atoms with Crippen molar-refractivity contribution >= 4 is 5.91 Å². The third-order valence-electron chi connectivity index (χ3n) is 3.39. The van der Waals surface area contributed by atoms with E-state index in [2.05, 4.69) is 16.4 Å². The Morgan fingerprint density at radius 2 is 2.17 bits per heavy atom. The molecule has 5 nitrogen and oxygen atoms in total. The molecular formula is C18H19N3O2. The summed E-state index contributed by atoms with van der Waals surface area (Å²) in [6.07, 6.45) is 4.19. The van der Waals surface area contributed by atoms with Crippen molar-refractivity contribution in [2.75, 3.05) is 6.61 Å².